The first kappa shape index (κ1) is 14.5. The molecule has 1 atom stereocenters. The minimum atomic E-state index is -0.117. The van der Waals surface area contributed by atoms with Crippen LogP contribution in [0, 0.1) is 0 Å². The van der Waals surface area contributed by atoms with Gasteiger partial charge in [0.1, 0.15) is 0 Å². The van der Waals surface area contributed by atoms with E-state index in [4.69, 9.17) is 11.6 Å². The molecule has 1 N–H and O–H groups in total. The Morgan fingerprint density at radius 2 is 2.18 bits per heavy atom. The van der Waals surface area contributed by atoms with Crippen molar-refractivity contribution >= 4 is 33.4 Å². The number of likely N-dealkylation sites (N-methyl/N-ethyl adjacent to an activating group) is 1. The van der Waals surface area contributed by atoms with Crippen molar-refractivity contribution in [3.63, 3.8) is 0 Å². The third-order valence-electron chi connectivity index (χ3n) is 2.19. The van der Waals surface area contributed by atoms with Crippen molar-refractivity contribution < 1.29 is 4.79 Å². The summed E-state index contributed by atoms with van der Waals surface area (Å²) < 4.78 is 0.747. The Bertz CT molecular complexity index is 409. The lowest BCUT2D eigenvalue weighted by molar-refractivity contribution is 0.0933. The molecule has 0 aromatic heterocycles. The first-order valence-electron chi connectivity index (χ1n) is 5.31. The molecule has 0 aliphatic carbocycles. The van der Waals surface area contributed by atoms with Crippen LogP contribution in [-0.2, 0) is 0 Å². The lowest BCUT2D eigenvalue weighted by atomic mass is 10.2. The molecule has 17 heavy (non-hydrogen) atoms. The summed E-state index contributed by atoms with van der Waals surface area (Å²) in [6.45, 7) is 2.76. The summed E-state index contributed by atoms with van der Waals surface area (Å²) in [6, 6.07) is 5.26. The first-order valence-corrected chi connectivity index (χ1v) is 6.48. The van der Waals surface area contributed by atoms with E-state index in [0.29, 0.717) is 10.6 Å². The summed E-state index contributed by atoms with van der Waals surface area (Å²) >= 11 is 9.21. The Morgan fingerprint density at radius 1 is 1.53 bits per heavy atom. The van der Waals surface area contributed by atoms with E-state index in [0.717, 1.165) is 11.0 Å². The largest absolute Gasteiger partial charge is 0.348 e. The van der Waals surface area contributed by atoms with Gasteiger partial charge in [-0.25, -0.2) is 0 Å². The highest BCUT2D eigenvalue weighted by Gasteiger charge is 2.13. The van der Waals surface area contributed by atoms with E-state index < -0.39 is 0 Å². The first-order chi connectivity index (χ1) is 7.90. The van der Waals surface area contributed by atoms with E-state index in [-0.39, 0.29) is 11.9 Å². The SMILES string of the molecule is CC(CN(C)C)NC(=O)c1cc(Cl)ccc1Br. The standard InChI is InChI=1S/C12H16BrClN2O/c1-8(7-16(2)3)15-12(17)10-6-9(14)4-5-11(10)13/h4-6,8H,7H2,1-3H3,(H,15,17). The molecule has 0 saturated carbocycles. The van der Waals surface area contributed by atoms with Crippen molar-refractivity contribution in [2.45, 2.75) is 13.0 Å². The third kappa shape index (κ3) is 4.66. The van der Waals surface area contributed by atoms with Gasteiger partial charge in [-0.05, 0) is 55.1 Å². The molecule has 1 amide bonds. The van der Waals surface area contributed by atoms with E-state index in [1.807, 2.05) is 25.9 Å². The van der Waals surface area contributed by atoms with Gasteiger partial charge in [-0.3, -0.25) is 4.79 Å². The van der Waals surface area contributed by atoms with Crippen molar-refractivity contribution in [1.29, 1.82) is 0 Å². The lowest BCUT2D eigenvalue weighted by Crippen LogP contribution is -2.39. The predicted molar refractivity (Wildman–Crippen MR) is 74.6 cm³/mol. The number of carbonyl (C=O) groups is 1. The summed E-state index contributed by atoms with van der Waals surface area (Å²) in [5, 5.41) is 3.48. The zero-order valence-corrected chi connectivity index (χ0v) is 12.5. The number of carbonyl (C=O) groups excluding carboxylic acids is 1. The highest BCUT2D eigenvalue weighted by molar-refractivity contribution is 9.10. The van der Waals surface area contributed by atoms with Crippen LogP contribution in [0.15, 0.2) is 22.7 Å². The van der Waals surface area contributed by atoms with E-state index in [1.165, 1.54) is 0 Å². The lowest BCUT2D eigenvalue weighted by Gasteiger charge is -2.18. The van der Waals surface area contributed by atoms with Crippen LogP contribution in [0.25, 0.3) is 0 Å². The van der Waals surface area contributed by atoms with Gasteiger partial charge in [0.2, 0.25) is 0 Å². The molecule has 0 bridgehead atoms. The van der Waals surface area contributed by atoms with Gasteiger partial charge in [0.25, 0.3) is 5.91 Å². The van der Waals surface area contributed by atoms with Gasteiger partial charge >= 0.3 is 0 Å². The van der Waals surface area contributed by atoms with Gasteiger partial charge in [-0.15, -0.1) is 0 Å². The highest BCUT2D eigenvalue weighted by atomic mass is 79.9. The van der Waals surface area contributed by atoms with Crippen molar-refractivity contribution in [3.8, 4) is 0 Å². The Labute approximate surface area is 115 Å². The zero-order chi connectivity index (χ0) is 13.0. The topological polar surface area (TPSA) is 32.3 Å². The molecule has 0 saturated heterocycles. The zero-order valence-electron chi connectivity index (χ0n) is 10.1. The van der Waals surface area contributed by atoms with Crippen molar-refractivity contribution in [2.75, 3.05) is 20.6 Å². The molecular weight excluding hydrogens is 304 g/mol. The van der Waals surface area contributed by atoms with Gasteiger partial charge in [0.15, 0.2) is 0 Å². The molecule has 0 aliphatic rings. The van der Waals surface area contributed by atoms with E-state index >= 15 is 0 Å². The average molecular weight is 320 g/mol. The van der Waals surface area contributed by atoms with Gasteiger partial charge in [-0.2, -0.15) is 0 Å². The third-order valence-corrected chi connectivity index (χ3v) is 3.12. The van der Waals surface area contributed by atoms with Crippen molar-refractivity contribution in [1.82, 2.24) is 10.2 Å². The predicted octanol–water partition coefficient (Wildman–Crippen LogP) is 2.78. The van der Waals surface area contributed by atoms with Gasteiger partial charge in [0.05, 0.1) is 5.56 Å². The van der Waals surface area contributed by atoms with Crippen molar-refractivity contribution in [3.05, 3.63) is 33.3 Å². The second-order valence-electron chi connectivity index (χ2n) is 4.26. The molecular formula is C12H16BrClN2O. The van der Waals surface area contributed by atoms with Gasteiger partial charge in [0, 0.05) is 22.1 Å². The smallest absolute Gasteiger partial charge is 0.252 e. The Hall–Kier alpha value is -0.580. The molecule has 5 heteroatoms. The van der Waals surface area contributed by atoms with E-state index in [1.54, 1.807) is 18.2 Å². The molecule has 0 heterocycles. The second kappa shape index (κ2) is 6.38. The summed E-state index contributed by atoms with van der Waals surface area (Å²) in [6.07, 6.45) is 0. The maximum absolute atomic E-state index is 12.0. The number of hydrogen-bond acceptors (Lipinski definition) is 2. The van der Waals surface area contributed by atoms with Crippen molar-refractivity contribution in [2.24, 2.45) is 0 Å². The number of halogens is 2. The molecule has 0 fully saturated rings. The van der Waals surface area contributed by atoms with Crippen LogP contribution < -0.4 is 5.32 Å². The second-order valence-corrected chi connectivity index (χ2v) is 5.55. The number of rotatable bonds is 4. The fourth-order valence-corrected chi connectivity index (χ4v) is 2.17. The number of nitrogens with zero attached hydrogens (tertiary/aromatic N) is 1. The maximum atomic E-state index is 12.0. The molecule has 1 unspecified atom stereocenters. The number of benzene rings is 1. The summed E-state index contributed by atoms with van der Waals surface area (Å²) in [5.74, 6) is -0.117. The number of hydrogen-bond donors (Lipinski definition) is 1. The highest BCUT2D eigenvalue weighted by Crippen LogP contribution is 2.21. The molecule has 94 valence electrons. The fraction of sp³-hybridized carbons (Fsp3) is 0.417. The van der Waals surface area contributed by atoms with Gasteiger partial charge in [-0.1, -0.05) is 11.6 Å². The maximum Gasteiger partial charge on any atom is 0.252 e. The average Bonchev–Trinajstić information content (AvgIpc) is 2.20. The number of nitrogens with one attached hydrogen (secondary N) is 1. The van der Waals surface area contributed by atoms with Crippen LogP contribution in [0.5, 0.6) is 0 Å². The minimum Gasteiger partial charge on any atom is -0.348 e. The summed E-state index contributed by atoms with van der Waals surface area (Å²) in [4.78, 5) is 14.0. The number of amides is 1. The van der Waals surface area contributed by atoms with Crippen LogP contribution in [0.2, 0.25) is 5.02 Å². The summed E-state index contributed by atoms with van der Waals surface area (Å²) in [7, 11) is 3.94. The van der Waals surface area contributed by atoms with Gasteiger partial charge < -0.3 is 10.2 Å². The molecule has 0 radical (unpaired) electrons. The fourth-order valence-electron chi connectivity index (χ4n) is 1.57. The molecule has 0 aliphatic heterocycles. The van der Waals surface area contributed by atoms with Crippen LogP contribution in [0.3, 0.4) is 0 Å². The van der Waals surface area contributed by atoms with E-state index in [9.17, 15) is 4.79 Å². The minimum absolute atomic E-state index is 0.0865. The van der Waals surface area contributed by atoms with Crippen LogP contribution >= 0.6 is 27.5 Å². The Balaban J connectivity index is 2.73. The molecule has 1 aromatic carbocycles. The molecule has 1 aromatic rings. The van der Waals surface area contributed by atoms with Crippen LogP contribution in [-0.4, -0.2) is 37.5 Å². The normalized spacial score (nSPS) is 12.6. The molecule has 0 spiro atoms. The Morgan fingerprint density at radius 3 is 2.76 bits per heavy atom. The van der Waals surface area contributed by atoms with E-state index in [2.05, 4.69) is 21.2 Å². The Kier molecular flexibility index (Phi) is 5.43. The van der Waals surface area contributed by atoms with Crippen LogP contribution in [0.1, 0.15) is 17.3 Å². The molecule has 3 nitrogen and oxygen atoms in total. The molecule has 1 rings (SSSR count). The monoisotopic (exact) mass is 318 g/mol. The van der Waals surface area contributed by atoms with Crippen LogP contribution in [0.4, 0.5) is 0 Å². The summed E-state index contributed by atoms with van der Waals surface area (Å²) in [5.41, 5.74) is 0.558. The quantitative estimate of drug-likeness (QED) is 0.925.